The van der Waals surface area contributed by atoms with Crippen LogP contribution in [0.4, 0.5) is 10.1 Å². The molecule has 11 heteroatoms. The Balaban J connectivity index is 2.03. The van der Waals surface area contributed by atoms with Gasteiger partial charge in [0.2, 0.25) is 11.8 Å². The van der Waals surface area contributed by atoms with E-state index in [1.165, 1.54) is 35.2 Å². The van der Waals surface area contributed by atoms with Crippen LogP contribution in [-0.4, -0.2) is 50.9 Å². The number of hydrogen-bond acceptors (Lipinski definition) is 5. The lowest BCUT2D eigenvalue weighted by Crippen LogP contribution is -2.51. The van der Waals surface area contributed by atoms with Gasteiger partial charge in [0, 0.05) is 23.1 Å². The molecule has 0 aliphatic heterocycles. The Morgan fingerprint density at radius 3 is 2.20 bits per heavy atom. The highest BCUT2D eigenvalue weighted by Gasteiger charge is 2.33. The smallest absolute Gasteiger partial charge is 0.264 e. The molecule has 41 heavy (non-hydrogen) atoms. The van der Waals surface area contributed by atoms with E-state index in [-0.39, 0.29) is 28.6 Å². The maximum absolute atomic E-state index is 14.6. The van der Waals surface area contributed by atoms with E-state index in [4.69, 9.17) is 4.74 Å². The monoisotopic (exact) mass is 647 g/mol. The van der Waals surface area contributed by atoms with E-state index in [1.807, 2.05) is 20.8 Å². The Hall–Kier alpha value is -3.44. The molecular weight excluding hydrogens is 613 g/mol. The molecule has 1 atom stereocenters. The molecule has 0 fully saturated rings. The van der Waals surface area contributed by atoms with Gasteiger partial charge < -0.3 is 15.0 Å². The number of rotatable bonds is 13. The second-order valence-electron chi connectivity index (χ2n) is 9.82. The van der Waals surface area contributed by atoms with Crippen LogP contribution in [0.3, 0.4) is 0 Å². The molecule has 0 aliphatic carbocycles. The van der Waals surface area contributed by atoms with Gasteiger partial charge >= 0.3 is 0 Å². The molecule has 8 nitrogen and oxygen atoms in total. The third-order valence-corrected chi connectivity index (χ3v) is 8.58. The minimum atomic E-state index is -4.22. The molecule has 1 N–H and O–H groups in total. The molecule has 0 saturated carbocycles. The van der Waals surface area contributed by atoms with Gasteiger partial charge in [-0.1, -0.05) is 48.0 Å². The standard InChI is InChI=1S/C30H35BrFN3O5S/c1-5-40-26-14-12-25(13-15-26)35(41(38,39)27-16-10-24(31)11-17-27)20-29(36)34(19-23-8-6-7-9-28(23)32)22(4)30(37)33-18-21(2)3/h6-17,21-22H,5,18-20H2,1-4H3,(H,33,37)/t22-/m0/s1. The molecular formula is C30H35BrFN3O5S. The number of carbonyl (C=O) groups is 2. The average molecular weight is 649 g/mol. The van der Waals surface area contributed by atoms with Gasteiger partial charge in [0.25, 0.3) is 10.0 Å². The number of carbonyl (C=O) groups excluding carboxylic acids is 2. The number of anilines is 1. The summed E-state index contributed by atoms with van der Waals surface area (Å²) in [5.41, 5.74) is 0.431. The normalized spacial score (nSPS) is 12.1. The van der Waals surface area contributed by atoms with E-state index in [2.05, 4.69) is 21.2 Å². The summed E-state index contributed by atoms with van der Waals surface area (Å²) in [5.74, 6) is -0.916. The lowest BCUT2D eigenvalue weighted by Gasteiger charge is -2.32. The SMILES string of the molecule is CCOc1ccc(N(CC(=O)N(Cc2ccccc2F)[C@@H](C)C(=O)NCC(C)C)S(=O)(=O)c2ccc(Br)cc2)cc1. The number of sulfonamides is 1. The summed E-state index contributed by atoms with van der Waals surface area (Å²) in [6.45, 7) is 7.23. The van der Waals surface area contributed by atoms with Gasteiger partial charge in [-0.2, -0.15) is 0 Å². The van der Waals surface area contributed by atoms with E-state index >= 15 is 0 Å². The summed E-state index contributed by atoms with van der Waals surface area (Å²) in [4.78, 5) is 28.1. The summed E-state index contributed by atoms with van der Waals surface area (Å²) >= 11 is 3.31. The van der Waals surface area contributed by atoms with Crippen LogP contribution in [0.2, 0.25) is 0 Å². The van der Waals surface area contributed by atoms with Crippen LogP contribution in [0, 0.1) is 11.7 Å². The zero-order chi connectivity index (χ0) is 30.2. The molecule has 0 aromatic heterocycles. The van der Waals surface area contributed by atoms with Crippen molar-refractivity contribution in [1.29, 1.82) is 0 Å². The van der Waals surface area contributed by atoms with Crippen molar-refractivity contribution in [3.63, 3.8) is 0 Å². The van der Waals surface area contributed by atoms with Crippen molar-refractivity contribution < 1.29 is 27.1 Å². The average Bonchev–Trinajstić information content (AvgIpc) is 2.94. The number of nitrogens with zero attached hydrogens (tertiary/aromatic N) is 2. The van der Waals surface area contributed by atoms with Gasteiger partial charge in [0.1, 0.15) is 24.2 Å². The second-order valence-corrected chi connectivity index (χ2v) is 12.6. The number of halogens is 2. The predicted molar refractivity (Wildman–Crippen MR) is 161 cm³/mol. The van der Waals surface area contributed by atoms with E-state index in [0.29, 0.717) is 23.4 Å². The third kappa shape index (κ3) is 8.53. The summed E-state index contributed by atoms with van der Waals surface area (Å²) in [7, 11) is -4.22. The fourth-order valence-corrected chi connectivity index (χ4v) is 5.66. The predicted octanol–water partition coefficient (Wildman–Crippen LogP) is 5.37. The largest absolute Gasteiger partial charge is 0.494 e. The highest BCUT2D eigenvalue weighted by atomic mass is 79.9. The van der Waals surface area contributed by atoms with Gasteiger partial charge in [-0.15, -0.1) is 0 Å². The van der Waals surface area contributed by atoms with E-state index < -0.39 is 40.2 Å². The molecule has 2 amide bonds. The van der Waals surface area contributed by atoms with Gasteiger partial charge in [-0.25, -0.2) is 12.8 Å². The fourth-order valence-electron chi connectivity index (χ4n) is 3.98. The number of hydrogen-bond donors (Lipinski definition) is 1. The van der Waals surface area contributed by atoms with Crippen LogP contribution < -0.4 is 14.4 Å². The third-order valence-electron chi connectivity index (χ3n) is 6.27. The number of amides is 2. The van der Waals surface area contributed by atoms with Crippen molar-refractivity contribution in [2.75, 3.05) is 24.0 Å². The van der Waals surface area contributed by atoms with E-state index in [9.17, 15) is 22.4 Å². The molecule has 3 aromatic carbocycles. The Kier molecular flexibility index (Phi) is 11.3. The number of nitrogens with one attached hydrogen (secondary N) is 1. The van der Waals surface area contributed by atoms with Crippen molar-refractivity contribution in [1.82, 2.24) is 10.2 Å². The quantitative estimate of drug-likeness (QED) is 0.269. The Bertz CT molecular complexity index is 1430. The minimum absolute atomic E-state index is 0.0224. The zero-order valence-electron chi connectivity index (χ0n) is 23.5. The highest BCUT2D eigenvalue weighted by molar-refractivity contribution is 9.10. The maximum Gasteiger partial charge on any atom is 0.264 e. The maximum atomic E-state index is 14.6. The lowest BCUT2D eigenvalue weighted by molar-refractivity contribution is -0.139. The van der Waals surface area contributed by atoms with Crippen LogP contribution in [0.1, 0.15) is 33.3 Å². The van der Waals surface area contributed by atoms with E-state index in [1.54, 1.807) is 49.4 Å². The van der Waals surface area contributed by atoms with E-state index in [0.717, 1.165) is 4.31 Å². The highest BCUT2D eigenvalue weighted by Crippen LogP contribution is 2.27. The van der Waals surface area contributed by atoms with Gasteiger partial charge in [0.05, 0.1) is 17.2 Å². The molecule has 0 saturated heterocycles. The van der Waals surface area contributed by atoms with Crippen molar-refractivity contribution in [2.45, 2.75) is 45.2 Å². The molecule has 0 spiro atoms. The van der Waals surface area contributed by atoms with Gasteiger partial charge in [-0.05, 0) is 74.4 Å². The summed E-state index contributed by atoms with van der Waals surface area (Å²) < 4.78 is 49.6. The van der Waals surface area contributed by atoms with Crippen LogP contribution in [0.5, 0.6) is 5.75 Å². The summed E-state index contributed by atoms with van der Waals surface area (Å²) in [5, 5.41) is 2.81. The molecule has 0 bridgehead atoms. The molecule has 3 rings (SSSR count). The first-order chi connectivity index (χ1) is 19.4. The Morgan fingerprint density at radius 2 is 1.61 bits per heavy atom. The summed E-state index contributed by atoms with van der Waals surface area (Å²) in [6, 6.07) is 17.4. The molecule has 220 valence electrons. The minimum Gasteiger partial charge on any atom is -0.494 e. The first kappa shape index (κ1) is 32.1. The first-order valence-corrected chi connectivity index (χ1v) is 15.5. The van der Waals surface area contributed by atoms with Crippen molar-refractivity contribution >= 4 is 43.5 Å². The van der Waals surface area contributed by atoms with Crippen LogP contribution in [-0.2, 0) is 26.2 Å². The molecule has 0 aliphatic rings. The Labute approximate surface area is 249 Å². The first-order valence-electron chi connectivity index (χ1n) is 13.3. The molecule has 3 aromatic rings. The van der Waals surface area contributed by atoms with Crippen molar-refractivity contribution in [3.8, 4) is 5.75 Å². The van der Waals surface area contributed by atoms with Gasteiger partial charge in [-0.3, -0.25) is 13.9 Å². The number of benzene rings is 3. The molecule has 0 unspecified atom stereocenters. The van der Waals surface area contributed by atoms with Gasteiger partial charge in [0.15, 0.2) is 0 Å². The van der Waals surface area contributed by atoms with Crippen molar-refractivity contribution in [2.24, 2.45) is 5.92 Å². The topological polar surface area (TPSA) is 96.0 Å². The zero-order valence-corrected chi connectivity index (χ0v) is 25.9. The summed E-state index contributed by atoms with van der Waals surface area (Å²) in [6.07, 6.45) is 0. The van der Waals surface area contributed by atoms with Crippen molar-refractivity contribution in [3.05, 3.63) is 88.6 Å². The van der Waals surface area contributed by atoms with Crippen LogP contribution in [0.25, 0.3) is 0 Å². The molecule has 0 radical (unpaired) electrons. The van der Waals surface area contributed by atoms with Crippen LogP contribution >= 0.6 is 15.9 Å². The lowest BCUT2D eigenvalue weighted by atomic mass is 10.1. The fraction of sp³-hybridized carbons (Fsp3) is 0.333. The Morgan fingerprint density at radius 1 is 0.976 bits per heavy atom. The number of ether oxygens (including phenoxy) is 1. The van der Waals surface area contributed by atoms with Crippen LogP contribution in [0.15, 0.2) is 82.2 Å². The second kappa shape index (κ2) is 14.5. The molecule has 0 heterocycles.